The highest BCUT2D eigenvalue weighted by Gasteiger charge is 2.16. The lowest BCUT2D eigenvalue weighted by atomic mass is 10.2. The van der Waals surface area contributed by atoms with E-state index in [2.05, 4.69) is 20.4 Å². The van der Waals surface area contributed by atoms with E-state index in [9.17, 15) is 9.18 Å². The van der Waals surface area contributed by atoms with Gasteiger partial charge in [0.15, 0.2) is 11.0 Å². The normalized spacial score (nSPS) is 11.2. The minimum absolute atomic E-state index is 0.0645. The molecule has 2 heterocycles. The molecule has 10 heteroatoms. The van der Waals surface area contributed by atoms with Gasteiger partial charge < -0.3 is 10.1 Å². The van der Waals surface area contributed by atoms with Crippen LogP contribution in [-0.2, 0) is 17.8 Å². The zero-order valence-corrected chi connectivity index (χ0v) is 14.7. The van der Waals surface area contributed by atoms with Gasteiger partial charge in [-0.3, -0.25) is 14.5 Å². The molecular formula is C15H14Cl2FN5O2. The lowest BCUT2D eigenvalue weighted by molar-refractivity contribution is 0.184. The molecule has 132 valence electrons. The first kappa shape index (κ1) is 17.7. The van der Waals surface area contributed by atoms with Crippen LogP contribution in [0.1, 0.15) is 5.56 Å². The molecule has 1 aromatic carbocycles. The zero-order valence-electron chi connectivity index (χ0n) is 13.1. The average molecular weight is 386 g/mol. The Morgan fingerprint density at radius 2 is 2.16 bits per heavy atom. The molecule has 2 N–H and O–H groups in total. The molecule has 3 rings (SSSR count). The van der Waals surface area contributed by atoms with Crippen molar-refractivity contribution in [1.82, 2.24) is 19.7 Å². The summed E-state index contributed by atoms with van der Waals surface area (Å²) in [5, 5.41) is 7.49. The van der Waals surface area contributed by atoms with Gasteiger partial charge in [-0.1, -0.05) is 29.3 Å². The van der Waals surface area contributed by atoms with Gasteiger partial charge >= 0.3 is 0 Å². The summed E-state index contributed by atoms with van der Waals surface area (Å²) < 4.78 is 20.2. The SMILES string of the molecule is COCCn1nc(F)c2nc(NCc3ccc(Cl)c(Cl)c3)[nH]c(=O)c21. The largest absolute Gasteiger partial charge is 0.383 e. The Hall–Kier alpha value is -2.16. The van der Waals surface area contributed by atoms with Crippen LogP contribution >= 0.6 is 23.2 Å². The van der Waals surface area contributed by atoms with Crippen molar-refractivity contribution in [3.05, 3.63) is 50.1 Å². The summed E-state index contributed by atoms with van der Waals surface area (Å²) >= 11 is 11.8. The molecule has 0 unspecified atom stereocenters. The van der Waals surface area contributed by atoms with Crippen LogP contribution in [0.4, 0.5) is 10.3 Å². The van der Waals surface area contributed by atoms with Gasteiger partial charge in [0, 0.05) is 13.7 Å². The standard InChI is InChI=1S/C15H14Cl2FN5O2/c1-25-5-4-23-12-11(13(18)22-23)20-15(21-14(12)24)19-7-8-2-3-9(16)10(17)6-8/h2-3,6H,4-5,7H2,1H3,(H2,19,20,21,24). The third-order valence-electron chi connectivity index (χ3n) is 3.51. The van der Waals surface area contributed by atoms with Crippen molar-refractivity contribution in [2.75, 3.05) is 19.0 Å². The van der Waals surface area contributed by atoms with Crippen LogP contribution in [0, 0.1) is 5.95 Å². The first-order valence-electron chi connectivity index (χ1n) is 7.32. The summed E-state index contributed by atoms with van der Waals surface area (Å²) in [4.78, 5) is 18.9. The fourth-order valence-corrected chi connectivity index (χ4v) is 2.63. The van der Waals surface area contributed by atoms with Crippen LogP contribution in [0.25, 0.3) is 11.0 Å². The number of methoxy groups -OCH3 is 1. The molecule has 2 aromatic heterocycles. The van der Waals surface area contributed by atoms with Crippen molar-refractivity contribution in [2.45, 2.75) is 13.1 Å². The number of ether oxygens (including phenoxy) is 1. The second kappa shape index (κ2) is 7.38. The summed E-state index contributed by atoms with van der Waals surface area (Å²) in [7, 11) is 1.51. The van der Waals surface area contributed by atoms with E-state index in [1.807, 2.05) is 0 Å². The van der Waals surface area contributed by atoms with Crippen LogP contribution in [0.15, 0.2) is 23.0 Å². The number of aromatic nitrogens is 4. The molecule has 0 aliphatic heterocycles. The molecular weight excluding hydrogens is 372 g/mol. The molecule has 0 radical (unpaired) electrons. The first-order chi connectivity index (χ1) is 12.0. The summed E-state index contributed by atoms with van der Waals surface area (Å²) in [6.45, 7) is 0.871. The highest BCUT2D eigenvalue weighted by Crippen LogP contribution is 2.23. The average Bonchev–Trinajstić information content (AvgIpc) is 2.90. The van der Waals surface area contributed by atoms with E-state index in [4.69, 9.17) is 27.9 Å². The maximum atomic E-state index is 14.0. The van der Waals surface area contributed by atoms with Crippen LogP contribution in [0.3, 0.4) is 0 Å². The van der Waals surface area contributed by atoms with Crippen molar-refractivity contribution in [3.63, 3.8) is 0 Å². The molecule has 0 amide bonds. The topological polar surface area (TPSA) is 84.8 Å². The first-order valence-corrected chi connectivity index (χ1v) is 8.08. The van der Waals surface area contributed by atoms with Crippen LogP contribution < -0.4 is 10.9 Å². The molecule has 0 saturated carbocycles. The summed E-state index contributed by atoms with van der Waals surface area (Å²) in [6, 6.07) is 5.14. The predicted octanol–water partition coefficient (Wildman–Crippen LogP) is 2.82. The fourth-order valence-electron chi connectivity index (χ4n) is 2.31. The van der Waals surface area contributed by atoms with Crippen molar-refractivity contribution in [2.24, 2.45) is 0 Å². The maximum absolute atomic E-state index is 14.0. The minimum Gasteiger partial charge on any atom is -0.383 e. The lowest BCUT2D eigenvalue weighted by Gasteiger charge is -2.07. The predicted molar refractivity (Wildman–Crippen MR) is 93.8 cm³/mol. The molecule has 25 heavy (non-hydrogen) atoms. The van der Waals surface area contributed by atoms with Crippen LogP contribution in [-0.4, -0.2) is 33.5 Å². The van der Waals surface area contributed by atoms with Gasteiger partial charge in [-0.15, -0.1) is 5.10 Å². The van der Waals surface area contributed by atoms with E-state index in [1.54, 1.807) is 18.2 Å². The number of rotatable bonds is 6. The number of aromatic amines is 1. The molecule has 0 aliphatic rings. The fraction of sp³-hybridized carbons (Fsp3) is 0.267. The smallest absolute Gasteiger partial charge is 0.278 e. The number of hydrogen-bond acceptors (Lipinski definition) is 5. The monoisotopic (exact) mass is 385 g/mol. The third-order valence-corrected chi connectivity index (χ3v) is 4.25. The Balaban J connectivity index is 1.86. The van der Waals surface area contributed by atoms with Gasteiger partial charge in [0.05, 0.1) is 23.2 Å². The van der Waals surface area contributed by atoms with Crippen LogP contribution in [0.5, 0.6) is 0 Å². The number of H-pyrrole nitrogens is 1. The number of benzene rings is 1. The van der Waals surface area contributed by atoms with E-state index in [1.165, 1.54) is 11.8 Å². The van der Waals surface area contributed by atoms with Gasteiger partial charge in [-0.2, -0.15) is 4.39 Å². The highest BCUT2D eigenvalue weighted by atomic mass is 35.5. The number of halogens is 3. The molecule has 0 bridgehead atoms. The second-order valence-electron chi connectivity index (χ2n) is 5.22. The summed E-state index contributed by atoms with van der Waals surface area (Å²) in [5.41, 5.74) is 0.300. The quantitative estimate of drug-likeness (QED) is 0.681. The third kappa shape index (κ3) is 3.76. The Kier molecular flexibility index (Phi) is 5.22. The second-order valence-corrected chi connectivity index (χ2v) is 6.03. The number of hydrogen-bond donors (Lipinski definition) is 2. The highest BCUT2D eigenvalue weighted by molar-refractivity contribution is 6.42. The van der Waals surface area contributed by atoms with E-state index in [0.29, 0.717) is 23.2 Å². The number of nitrogens with one attached hydrogen (secondary N) is 2. The zero-order chi connectivity index (χ0) is 18.0. The Morgan fingerprint density at radius 1 is 1.36 bits per heavy atom. The summed E-state index contributed by atoms with van der Waals surface area (Å²) in [5.74, 6) is -0.677. The van der Waals surface area contributed by atoms with Gasteiger partial charge in [0.1, 0.15) is 0 Å². The molecule has 0 spiro atoms. The van der Waals surface area contributed by atoms with Gasteiger partial charge in [-0.05, 0) is 17.7 Å². The van der Waals surface area contributed by atoms with E-state index in [0.717, 1.165) is 5.56 Å². The van der Waals surface area contributed by atoms with E-state index >= 15 is 0 Å². The van der Waals surface area contributed by atoms with E-state index in [-0.39, 0.29) is 23.5 Å². The number of fused-ring (bicyclic) bond motifs is 1. The number of anilines is 1. The van der Waals surface area contributed by atoms with Crippen molar-refractivity contribution in [3.8, 4) is 0 Å². The molecule has 0 aliphatic carbocycles. The minimum atomic E-state index is -0.810. The van der Waals surface area contributed by atoms with Crippen molar-refractivity contribution < 1.29 is 9.13 Å². The Bertz CT molecular complexity index is 972. The Morgan fingerprint density at radius 3 is 2.88 bits per heavy atom. The van der Waals surface area contributed by atoms with Gasteiger partial charge in [-0.25, -0.2) is 4.98 Å². The molecule has 3 aromatic rings. The summed E-state index contributed by atoms with van der Waals surface area (Å²) in [6.07, 6.45) is 0. The Labute approximate surface area is 151 Å². The molecule has 0 saturated heterocycles. The number of nitrogens with zero attached hydrogens (tertiary/aromatic N) is 3. The lowest BCUT2D eigenvalue weighted by Crippen LogP contribution is -2.17. The molecule has 7 nitrogen and oxygen atoms in total. The molecule has 0 fully saturated rings. The van der Waals surface area contributed by atoms with Gasteiger partial charge in [0.25, 0.3) is 11.5 Å². The van der Waals surface area contributed by atoms with E-state index < -0.39 is 11.5 Å². The van der Waals surface area contributed by atoms with Crippen molar-refractivity contribution >= 4 is 40.2 Å². The van der Waals surface area contributed by atoms with Gasteiger partial charge in [0.2, 0.25) is 5.95 Å². The van der Waals surface area contributed by atoms with Crippen molar-refractivity contribution in [1.29, 1.82) is 0 Å². The molecule has 0 atom stereocenters. The van der Waals surface area contributed by atoms with Crippen LogP contribution in [0.2, 0.25) is 10.0 Å². The maximum Gasteiger partial charge on any atom is 0.278 e.